The van der Waals surface area contributed by atoms with Crippen molar-refractivity contribution in [3.8, 4) is 5.75 Å². The number of rotatable bonds is 4. The fraction of sp³-hybridized carbons (Fsp3) is 0.538. The SMILES string of the molecule is COc1ccc(C(C)(C)C)cc1NCCO. The van der Waals surface area contributed by atoms with Gasteiger partial charge in [0.1, 0.15) is 5.75 Å². The summed E-state index contributed by atoms with van der Waals surface area (Å²) in [6.45, 7) is 7.16. The molecule has 0 bridgehead atoms. The maximum absolute atomic E-state index is 8.82. The van der Waals surface area contributed by atoms with Crippen LogP contribution in [0.2, 0.25) is 0 Å². The van der Waals surface area contributed by atoms with Crippen molar-refractivity contribution in [2.24, 2.45) is 0 Å². The van der Waals surface area contributed by atoms with Crippen molar-refractivity contribution in [3.05, 3.63) is 23.8 Å². The van der Waals surface area contributed by atoms with Crippen LogP contribution in [0, 0.1) is 0 Å². The van der Waals surface area contributed by atoms with Crippen LogP contribution < -0.4 is 10.1 Å². The van der Waals surface area contributed by atoms with Crippen LogP contribution >= 0.6 is 0 Å². The number of hydrogen-bond acceptors (Lipinski definition) is 3. The molecule has 0 heterocycles. The average Bonchev–Trinajstić information content (AvgIpc) is 2.24. The Bertz CT molecular complexity index is 342. The number of hydrogen-bond donors (Lipinski definition) is 2. The molecule has 3 heteroatoms. The van der Waals surface area contributed by atoms with Crippen LogP contribution in [0.3, 0.4) is 0 Å². The second kappa shape index (κ2) is 5.21. The second-order valence-electron chi connectivity index (χ2n) is 4.82. The normalized spacial score (nSPS) is 11.3. The Morgan fingerprint density at radius 1 is 1.31 bits per heavy atom. The molecule has 0 aliphatic heterocycles. The van der Waals surface area contributed by atoms with E-state index < -0.39 is 0 Å². The van der Waals surface area contributed by atoms with Crippen molar-refractivity contribution >= 4 is 5.69 Å². The van der Waals surface area contributed by atoms with E-state index in [1.807, 2.05) is 6.07 Å². The Morgan fingerprint density at radius 3 is 2.50 bits per heavy atom. The lowest BCUT2D eigenvalue weighted by molar-refractivity contribution is 0.311. The van der Waals surface area contributed by atoms with E-state index in [0.717, 1.165) is 11.4 Å². The Kier molecular flexibility index (Phi) is 4.19. The van der Waals surface area contributed by atoms with Crippen LogP contribution in [0.25, 0.3) is 0 Å². The molecule has 90 valence electrons. The number of methoxy groups -OCH3 is 1. The minimum absolute atomic E-state index is 0.113. The zero-order valence-electron chi connectivity index (χ0n) is 10.5. The fourth-order valence-electron chi connectivity index (χ4n) is 1.50. The van der Waals surface area contributed by atoms with Crippen molar-refractivity contribution < 1.29 is 9.84 Å². The van der Waals surface area contributed by atoms with Crippen LogP contribution in [-0.2, 0) is 5.41 Å². The molecular formula is C13H21NO2. The van der Waals surface area contributed by atoms with Gasteiger partial charge in [-0.25, -0.2) is 0 Å². The third-order valence-electron chi connectivity index (χ3n) is 2.49. The van der Waals surface area contributed by atoms with E-state index in [1.54, 1.807) is 7.11 Å². The second-order valence-corrected chi connectivity index (χ2v) is 4.82. The summed E-state index contributed by atoms with van der Waals surface area (Å²) < 4.78 is 5.27. The molecule has 3 nitrogen and oxygen atoms in total. The van der Waals surface area contributed by atoms with Gasteiger partial charge in [-0.15, -0.1) is 0 Å². The summed E-state index contributed by atoms with van der Waals surface area (Å²) in [4.78, 5) is 0. The van der Waals surface area contributed by atoms with Crippen LogP contribution in [0.5, 0.6) is 5.75 Å². The lowest BCUT2D eigenvalue weighted by Crippen LogP contribution is -2.13. The summed E-state index contributed by atoms with van der Waals surface area (Å²) in [6, 6.07) is 6.11. The topological polar surface area (TPSA) is 41.5 Å². The van der Waals surface area contributed by atoms with Crippen molar-refractivity contribution in [1.29, 1.82) is 0 Å². The highest BCUT2D eigenvalue weighted by molar-refractivity contribution is 5.59. The van der Waals surface area contributed by atoms with E-state index >= 15 is 0 Å². The van der Waals surface area contributed by atoms with Gasteiger partial charge in [0.2, 0.25) is 0 Å². The van der Waals surface area contributed by atoms with E-state index in [1.165, 1.54) is 5.56 Å². The van der Waals surface area contributed by atoms with Gasteiger partial charge in [0.25, 0.3) is 0 Å². The summed E-state index contributed by atoms with van der Waals surface area (Å²) >= 11 is 0. The molecule has 0 unspecified atom stereocenters. The number of nitrogens with one attached hydrogen (secondary N) is 1. The van der Waals surface area contributed by atoms with Gasteiger partial charge >= 0.3 is 0 Å². The van der Waals surface area contributed by atoms with Gasteiger partial charge in [0.15, 0.2) is 0 Å². The van der Waals surface area contributed by atoms with Crippen LogP contribution in [-0.4, -0.2) is 25.4 Å². The largest absolute Gasteiger partial charge is 0.495 e. The van der Waals surface area contributed by atoms with Crippen molar-refractivity contribution in [3.63, 3.8) is 0 Å². The first-order valence-electron chi connectivity index (χ1n) is 5.52. The van der Waals surface area contributed by atoms with Crippen LogP contribution in [0.4, 0.5) is 5.69 Å². The van der Waals surface area contributed by atoms with Gasteiger partial charge in [0.05, 0.1) is 19.4 Å². The van der Waals surface area contributed by atoms with E-state index in [2.05, 4.69) is 38.2 Å². The number of ether oxygens (including phenoxy) is 1. The number of aliphatic hydroxyl groups excluding tert-OH is 1. The summed E-state index contributed by atoms with van der Waals surface area (Å²) in [5, 5.41) is 12.0. The minimum atomic E-state index is 0.113. The van der Waals surface area contributed by atoms with Gasteiger partial charge in [-0.2, -0.15) is 0 Å². The molecule has 0 saturated carbocycles. The molecule has 16 heavy (non-hydrogen) atoms. The van der Waals surface area contributed by atoms with Crippen molar-refractivity contribution in [1.82, 2.24) is 0 Å². The molecule has 1 aromatic rings. The zero-order valence-corrected chi connectivity index (χ0v) is 10.5. The average molecular weight is 223 g/mol. The quantitative estimate of drug-likeness (QED) is 0.823. The maximum Gasteiger partial charge on any atom is 0.141 e. The summed E-state index contributed by atoms with van der Waals surface area (Å²) in [7, 11) is 1.65. The molecule has 0 aliphatic carbocycles. The highest BCUT2D eigenvalue weighted by atomic mass is 16.5. The van der Waals surface area contributed by atoms with Crippen LogP contribution in [0.15, 0.2) is 18.2 Å². The fourth-order valence-corrected chi connectivity index (χ4v) is 1.50. The van der Waals surface area contributed by atoms with Crippen molar-refractivity contribution in [2.45, 2.75) is 26.2 Å². The third-order valence-corrected chi connectivity index (χ3v) is 2.49. The predicted molar refractivity (Wildman–Crippen MR) is 67.3 cm³/mol. The smallest absolute Gasteiger partial charge is 0.141 e. The van der Waals surface area contributed by atoms with Gasteiger partial charge in [-0.3, -0.25) is 0 Å². The number of aliphatic hydroxyl groups is 1. The van der Waals surface area contributed by atoms with E-state index in [4.69, 9.17) is 9.84 Å². The van der Waals surface area contributed by atoms with E-state index in [0.29, 0.717) is 6.54 Å². The van der Waals surface area contributed by atoms with Crippen LogP contribution in [0.1, 0.15) is 26.3 Å². The van der Waals surface area contributed by atoms with Gasteiger partial charge in [0, 0.05) is 6.54 Å². The number of anilines is 1. The van der Waals surface area contributed by atoms with Gasteiger partial charge in [-0.1, -0.05) is 26.8 Å². The predicted octanol–water partition coefficient (Wildman–Crippen LogP) is 2.40. The highest BCUT2D eigenvalue weighted by Gasteiger charge is 2.15. The number of benzene rings is 1. The Labute approximate surface area is 97.4 Å². The Morgan fingerprint density at radius 2 is 2.00 bits per heavy atom. The first-order chi connectivity index (χ1) is 7.49. The summed E-state index contributed by atoms with van der Waals surface area (Å²) in [5.74, 6) is 0.807. The standard InChI is InChI=1S/C13H21NO2/c1-13(2,3)10-5-6-12(16-4)11(9-10)14-7-8-15/h5-6,9,14-15H,7-8H2,1-4H3. The molecule has 0 atom stereocenters. The molecule has 0 fully saturated rings. The molecule has 0 amide bonds. The van der Waals surface area contributed by atoms with E-state index in [9.17, 15) is 0 Å². The Balaban J connectivity index is 3.01. The highest BCUT2D eigenvalue weighted by Crippen LogP contribution is 2.31. The molecule has 0 aromatic heterocycles. The van der Waals surface area contributed by atoms with Gasteiger partial charge in [-0.05, 0) is 23.1 Å². The lowest BCUT2D eigenvalue weighted by Gasteiger charge is -2.21. The lowest BCUT2D eigenvalue weighted by atomic mass is 9.87. The molecule has 0 aliphatic rings. The molecule has 2 N–H and O–H groups in total. The summed E-state index contributed by atoms with van der Waals surface area (Å²) in [5.41, 5.74) is 2.29. The maximum atomic E-state index is 8.82. The molecule has 0 radical (unpaired) electrons. The third kappa shape index (κ3) is 3.14. The molecular weight excluding hydrogens is 202 g/mol. The molecule has 1 aromatic carbocycles. The first kappa shape index (κ1) is 12.8. The van der Waals surface area contributed by atoms with Crippen molar-refractivity contribution in [2.75, 3.05) is 25.6 Å². The monoisotopic (exact) mass is 223 g/mol. The molecule has 0 saturated heterocycles. The zero-order chi connectivity index (χ0) is 12.2. The summed E-state index contributed by atoms with van der Waals surface area (Å²) in [6.07, 6.45) is 0. The first-order valence-corrected chi connectivity index (χ1v) is 5.52. The molecule has 0 spiro atoms. The Hall–Kier alpha value is -1.22. The van der Waals surface area contributed by atoms with Gasteiger partial charge < -0.3 is 15.2 Å². The minimum Gasteiger partial charge on any atom is -0.495 e. The van der Waals surface area contributed by atoms with E-state index in [-0.39, 0.29) is 12.0 Å². The molecule has 1 rings (SSSR count).